The van der Waals surface area contributed by atoms with Gasteiger partial charge in [-0.15, -0.1) is 0 Å². The number of rotatable bonds is 5. The molecule has 0 fully saturated rings. The van der Waals surface area contributed by atoms with Crippen molar-refractivity contribution in [1.82, 2.24) is 0 Å². The number of benzene rings is 1. The van der Waals surface area contributed by atoms with E-state index in [1.165, 1.54) is 0 Å². The molecule has 1 rings (SSSR count). The van der Waals surface area contributed by atoms with Gasteiger partial charge in [0, 0.05) is 5.66 Å². The van der Waals surface area contributed by atoms with E-state index < -0.39 is 24.7 Å². The Morgan fingerprint density at radius 1 is 1.29 bits per heavy atom. The van der Waals surface area contributed by atoms with Crippen molar-refractivity contribution in [3.05, 3.63) is 35.9 Å². The lowest BCUT2D eigenvalue weighted by molar-refractivity contribution is -0.137. The minimum atomic E-state index is -3.53. The van der Waals surface area contributed by atoms with Gasteiger partial charge in [-0.3, -0.25) is 9.36 Å². The summed E-state index contributed by atoms with van der Waals surface area (Å²) < 4.78 is 12.2. The molecule has 0 radical (unpaired) electrons. The van der Waals surface area contributed by atoms with E-state index in [2.05, 4.69) is 0 Å². The average molecular weight is 256 g/mol. The van der Waals surface area contributed by atoms with Gasteiger partial charge < -0.3 is 10.00 Å². The van der Waals surface area contributed by atoms with Gasteiger partial charge in [-0.05, 0) is 5.56 Å². The van der Waals surface area contributed by atoms with Crippen molar-refractivity contribution in [3.63, 3.8) is 0 Å². The van der Waals surface area contributed by atoms with Crippen molar-refractivity contribution in [2.75, 3.05) is 0 Å². The largest absolute Gasteiger partial charge is 0.481 e. The lowest BCUT2D eigenvalue weighted by Crippen LogP contribution is -2.12. The van der Waals surface area contributed by atoms with Crippen LogP contribution in [0.5, 0.6) is 0 Å². The molecule has 0 aromatic heterocycles. The Morgan fingerprint density at radius 3 is 2.24 bits per heavy atom. The normalized spacial score (nSPS) is 16.5. The predicted molar refractivity (Wildman–Crippen MR) is 66.4 cm³/mol. The first-order chi connectivity index (χ1) is 7.85. The Balaban J connectivity index is 3.13. The summed E-state index contributed by atoms with van der Waals surface area (Å²) in [5.74, 6) is -1.06. The quantitative estimate of drug-likeness (QED) is 0.794. The fraction of sp³-hybridized carbons (Fsp3) is 0.417. The first-order valence-corrected chi connectivity index (χ1v) is 7.24. The fourth-order valence-electron chi connectivity index (χ4n) is 1.66. The first-order valence-electron chi connectivity index (χ1n) is 5.44. The SMILES string of the molecule is CC(C)P(=O)(O)C(CC(=O)O)c1ccccc1. The van der Waals surface area contributed by atoms with Crippen LogP contribution < -0.4 is 0 Å². The van der Waals surface area contributed by atoms with Gasteiger partial charge in [-0.2, -0.15) is 0 Å². The highest BCUT2D eigenvalue weighted by Crippen LogP contribution is 2.60. The molecule has 5 heteroatoms. The molecule has 0 aliphatic carbocycles. The van der Waals surface area contributed by atoms with E-state index in [0.29, 0.717) is 5.56 Å². The van der Waals surface area contributed by atoms with Crippen LogP contribution >= 0.6 is 7.37 Å². The summed E-state index contributed by atoms with van der Waals surface area (Å²) in [7, 11) is -3.53. The first kappa shape index (κ1) is 13.9. The molecule has 0 saturated carbocycles. The van der Waals surface area contributed by atoms with Crippen LogP contribution in [0.15, 0.2) is 30.3 Å². The van der Waals surface area contributed by atoms with Gasteiger partial charge in [0.25, 0.3) is 0 Å². The number of carboxylic acid groups (broad SMARTS) is 1. The Hall–Kier alpha value is -1.12. The Bertz CT molecular complexity index is 427. The van der Waals surface area contributed by atoms with Gasteiger partial charge >= 0.3 is 5.97 Å². The lowest BCUT2D eigenvalue weighted by Gasteiger charge is -2.25. The molecule has 94 valence electrons. The summed E-state index contributed by atoms with van der Waals surface area (Å²) in [6, 6.07) is 8.66. The molecule has 17 heavy (non-hydrogen) atoms. The highest BCUT2D eigenvalue weighted by atomic mass is 31.2. The number of carbonyl (C=O) groups is 1. The molecular formula is C12H17O4P. The number of aliphatic carboxylic acids is 1. The third-order valence-corrected chi connectivity index (χ3v) is 5.59. The van der Waals surface area contributed by atoms with E-state index in [0.717, 1.165) is 0 Å². The molecule has 0 heterocycles. The highest BCUT2D eigenvalue weighted by molar-refractivity contribution is 7.59. The van der Waals surface area contributed by atoms with Crippen molar-refractivity contribution in [3.8, 4) is 0 Å². The minimum absolute atomic E-state index is 0.323. The number of hydrogen-bond acceptors (Lipinski definition) is 2. The summed E-state index contributed by atoms with van der Waals surface area (Å²) in [5.41, 5.74) is -0.678. The zero-order chi connectivity index (χ0) is 13.1. The topological polar surface area (TPSA) is 74.6 Å². The summed E-state index contributed by atoms with van der Waals surface area (Å²) >= 11 is 0. The van der Waals surface area contributed by atoms with Crippen LogP contribution in [0.2, 0.25) is 0 Å². The molecule has 0 bridgehead atoms. The molecule has 4 nitrogen and oxygen atoms in total. The van der Waals surface area contributed by atoms with Gasteiger partial charge in [-0.1, -0.05) is 44.2 Å². The molecule has 2 unspecified atom stereocenters. The molecular weight excluding hydrogens is 239 g/mol. The van der Waals surface area contributed by atoms with Gasteiger partial charge in [0.2, 0.25) is 7.37 Å². The van der Waals surface area contributed by atoms with Gasteiger partial charge in [0.05, 0.1) is 12.1 Å². The smallest absolute Gasteiger partial charge is 0.304 e. The monoisotopic (exact) mass is 256 g/mol. The minimum Gasteiger partial charge on any atom is -0.481 e. The summed E-state index contributed by atoms with van der Waals surface area (Å²) in [6.45, 7) is 3.27. The van der Waals surface area contributed by atoms with Crippen LogP contribution in [0.1, 0.15) is 31.5 Å². The number of hydrogen-bond donors (Lipinski definition) is 2. The number of carboxylic acids is 1. The standard InChI is InChI=1S/C12H17O4P/c1-9(2)17(15,16)11(8-12(13)14)10-6-4-3-5-7-10/h3-7,9,11H,8H2,1-2H3,(H,13,14)(H,15,16). The summed E-state index contributed by atoms with van der Waals surface area (Å²) in [5, 5.41) is 8.86. The average Bonchev–Trinajstić information content (AvgIpc) is 2.26. The molecule has 0 amide bonds. The van der Waals surface area contributed by atoms with E-state index >= 15 is 0 Å². The van der Waals surface area contributed by atoms with Crippen LogP contribution in [0, 0.1) is 0 Å². The van der Waals surface area contributed by atoms with Crippen LogP contribution in [0.4, 0.5) is 0 Å². The summed E-state index contributed by atoms with van der Waals surface area (Å²) in [6.07, 6.45) is -0.323. The van der Waals surface area contributed by atoms with Crippen molar-refractivity contribution in [1.29, 1.82) is 0 Å². The van der Waals surface area contributed by atoms with Crippen molar-refractivity contribution in [2.45, 2.75) is 31.6 Å². The molecule has 2 atom stereocenters. The van der Waals surface area contributed by atoms with Crippen LogP contribution in [0.25, 0.3) is 0 Å². The van der Waals surface area contributed by atoms with E-state index in [4.69, 9.17) is 5.11 Å². The molecule has 0 aliphatic heterocycles. The zero-order valence-electron chi connectivity index (χ0n) is 9.91. The predicted octanol–water partition coefficient (Wildman–Crippen LogP) is 2.88. The second-order valence-electron chi connectivity index (χ2n) is 4.29. The second kappa shape index (κ2) is 5.48. The van der Waals surface area contributed by atoms with Gasteiger partial charge in [0.1, 0.15) is 0 Å². The zero-order valence-corrected chi connectivity index (χ0v) is 10.8. The van der Waals surface area contributed by atoms with E-state index in [1.54, 1.807) is 44.2 Å². The Kier molecular flexibility index (Phi) is 4.49. The lowest BCUT2D eigenvalue weighted by atomic mass is 10.1. The summed E-state index contributed by atoms with van der Waals surface area (Å²) in [4.78, 5) is 20.9. The Morgan fingerprint density at radius 2 is 1.82 bits per heavy atom. The van der Waals surface area contributed by atoms with E-state index in [1.807, 2.05) is 0 Å². The highest BCUT2D eigenvalue weighted by Gasteiger charge is 2.36. The second-order valence-corrected chi connectivity index (χ2v) is 7.29. The molecule has 0 aliphatic rings. The molecule has 1 aromatic rings. The van der Waals surface area contributed by atoms with Crippen LogP contribution in [-0.2, 0) is 9.36 Å². The van der Waals surface area contributed by atoms with Crippen LogP contribution in [0.3, 0.4) is 0 Å². The molecule has 0 spiro atoms. The van der Waals surface area contributed by atoms with Crippen molar-refractivity contribution < 1.29 is 19.4 Å². The third-order valence-electron chi connectivity index (χ3n) is 2.74. The molecule has 0 saturated heterocycles. The van der Waals surface area contributed by atoms with Gasteiger partial charge in [-0.25, -0.2) is 0 Å². The maximum atomic E-state index is 12.2. The Labute approximate surface area is 101 Å². The maximum absolute atomic E-state index is 12.2. The maximum Gasteiger partial charge on any atom is 0.304 e. The van der Waals surface area contributed by atoms with Crippen LogP contribution in [-0.4, -0.2) is 21.6 Å². The molecule has 2 N–H and O–H groups in total. The molecule has 1 aromatic carbocycles. The van der Waals surface area contributed by atoms with Gasteiger partial charge in [0.15, 0.2) is 0 Å². The van der Waals surface area contributed by atoms with E-state index in [-0.39, 0.29) is 6.42 Å². The fourth-order valence-corrected chi connectivity index (χ4v) is 3.40. The third kappa shape index (κ3) is 3.42. The van der Waals surface area contributed by atoms with Crippen molar-refractivity contribution in [2.24, 2.45) is 0 Å². The van der Waals surface area contributed by atoms with Crippen molar-refractivity contribution >= 4 is 13.3 Å². The van der Waals surface area contributed by atoms with E-state index in [9.17, 15) is 14.3 Å².